The van der Waals surface area contributed by atoms with Crippen LogP contribution in [-0.4, -0.2) is 87.1 Å². The number of ether oxygens (including phenoxy) is 2. The Hall–Kier alpha value is -3.50. The first-order chi connectivity index (χ1) is 22.2. The van der Waals surface area contributed by atoms with Gasteiger partial charge in [0, 0.05) is 18.5 Å². The van der Waals surface area contributed by atoms with E-state index >= 15 is 0 Å². The number of allylic oxidation sites excluding steroid dienone is 1. The van der Waals surface area contributed by atoms with Crippen molar-refractivity contribution in [2.45, 2.75) is 115 Å². The molecule has 0 saturated carbocycles. The van der Waals surface area contributed by atoms with Gasteiger partial charge in [-0.15, -0.1) is 13.2 Å². The zero-order chi connectivity index (χ0) is 34.7. The molecule has 3 aliphatic heterocycles. The fourth-order valence-electron chi connectivity index (χ4n) is 7.76. The van der Waals surface area contributed by atoms with Gasteiger partial charge in [0.05, 0.1) is 36.6 Å². The largest absolute Gasteiger partial charge is 0.455 e. The summed E-state index contributed by atoms with van der Waals surface area (Å²) in [6.45, 7) is 19.0. The zero-order valence-electron chi connectivity index (χ0n) is 28.8. The first kappa shape index (κ1) is 36.3. The number of benzene rings is 1. The Balaban J connectivity index is 1.72. The maximum absolute atomic E-state index is 14.6. The molecule has 3 fully saturated rings. The molecule has 3 saturated heterocycles. The number of aliphatic hydroxyl groups is 1. The summed E-state index contributed by atoms with van der Waals surface area (Å²) in [6.07, 6.45) is 4.05. The van der Waals surface area contributed by atoms with Gasteiger partial charge in [0.1, 0.15) is 17.7 Å². The van der Waals surface area contributed by atoms with Crippen molar-refractivity contribution < 1.29 is 33.8 Å². The van der Waals surface area contributed by atoms with E-state index in [1.807, 2.05) is 65.0 Å². The number of rotatable bonds is 15. The number of hydrogen-bond acceptors (Lipinski definition) is 7. The predicted octanol–water partition coefficient (Wildman–Crippen LogP) is 4.34. The van der Waals surface area contributed by atoms with Crippen molar-refractivity contribution in [2.24, 2.45) is 17.8 Å². The number of fused-ring (bicyclic) bond motifs is 1. The van der Waals surface area contributed by atoms with Crippen LogP contribution in [-0.2, 0) is 28.7 Å². The molecule has 0 aromatic heterocycles. The van der Waals surface area contributed by atoms with E-state index in [1.165, 1.54) is 4.90 Å². The van der Waals surface area contributed by atoms with Crippen molar-refractivity contribution in [3.05, 3.63) is 61.2 Å². The van der Waals surface area contributed by atoms with Crippen LogP contribution in [0.3, 0.4) is 0 Å². The number of hydrogen-bond donors (Lipinski definition) is 2. The van der Waals surface area contributed by atoms with Crippen LogP contribution < -0.4 is 5.32 Å². The third-order valence-corrected chi connectivity index (χ3v) is 9.77. The van der Waals surface area contributed by atoms with Gasteiger partial charge < -0.3 is 29.7 Å². The van der Waals surface area contributed by atoms with Crippen LogP contribution in [0.1, 0.15) is 85.3 Å². The van der Waals surface area contributed by atoms with E-state index in [4.69, 9.17) is 9.47 Å². The lowest BCUT2D eigenvalue weighted by molar-refractivity contribution is -0.163. The van der Waals surface area contributed by atoms with Crippen LogP contribution in [0, 0.1) is 17.8 Å². The molecule has 2 N–H and O–H groups in total. The average Bonchev–Trinajstić information content (AvgIpc) is 3.66. The third kappa shape index (κ3) is 7.18. The lowest BCUT2D eigenvalue weighted by Crippen LogP contribution is -2.61. The Morgan fingerprint density at radius 1 is 1.17 bits per heavy atom. The number of amides is 3. The van der Waals surface area contributed by atoms with Crippen molar-refractivity contribution >= 4 is 23.7 Å². The molecular formula is C37H53N3O7. The van der Waals surface area contributed by atoms with E-state index in [0.29, 0.717) is 31.2 Å². The van der Waals surface area contributed by atoms with Gasteiger partial charge in [-0.2, -0.15) is 0 Å². The number of carbonyl (C=O) groups is 4. The molecule has 10 heteroatoms. The second kappa shape index (κ2) is 14.7. The van der Waals surface area contributed by atoms with Crippen molar-refractivity contribution in [2.75, 3.05) is 13.2 Å². The normalized spacial score (nSPS) is 26.8. The number of carbonyl (C=O) groups excluding carboxylic acids is 4. The second-order valence-electron chi connectivity index (χ2n) is 14.6. The average molecular weight is 652 g/mol. The van der Waals surface area contributed by atoms with Gasteiger partial charge in [-0.3, -0.25) is 19.2 Å². The maximum Gasteiger partial charge on any atom is 0.313 e. The van der Waals surface area contributed by atoms with E-state index in [2.05, 4.69) is 18.5 Å². The number of esters is 1. The molecule has 1 aromatic rings. The summed E-state index contributed by atoms with van der Waals surface area (Å²) in [5.41, 5.74) is -1.14. The van der Waals surface area contributed by atoms with Gasteiger partial charge in [-0.1, -0.05) is 56.3 Å². The summed E-state index contributed by atoms with van der Waals surface area (Å²) >= 11 is 0. The molecule has 0 aliphatic carbocycles. The molecule has 3 aliphatic rings. The zero-order valence-corrected chi connectivity index (χ0v) is 28.8. The molecule has 3 heterocycles. The fourth-order valence-corrected chi connectivity index (χ4v) is 7.76. The molecule has 0 unspecified atom stereocenters. The molecule has 1 aromatic carbocycles. The van der Waals surface area contributed by atoms with E-state index in [1.54, 1.807) is 24.0 Å². The van der Waals surface area contributed by atoms with Gasteiger partial charge in [0.25, 0.3) is 0 Å². The topological polar surface area (TPSA) is 125 Å². The standard InChI is InChI=1S/C37H53N3O7/c1-9-11-17-28(42)38-24(5)31(25-15-13-12-14-16-25)46-35(45)29-27-18-19-37(47-27)30(29)33(43)40(26(22-41)21-23(3)4)32(37)34(44)39(20-10-2)36(6,7)8/h9-10,12-16,23-24,26-27,29-32,41H,1-2,11,17-22H2,3-8H3,(H,38,42)/t24-,26-,27+,29-,30-,31-,32+,37-/m1/s1. The van der Waals surface area contributed by atoms with E-state index in [-0.39, 0.29) is 43.2 Å². The van der Waals surface area contributed by atoms with Crippen LogP contribution in [0.4, 0.5) is 0 Å². The summed E-state index contributed by atoms with van der Waals surface area (Å²) < 4.78 is 12.9. The minimum Gasteiger partial charge on any atom is -0.455 e. The Bertz CT molecular complexity index is 1320. The molecule has 258 valence electrons. The van der Waals surface area contributed by atoms with Crippen LogP contribution in [0.25, 0.3) is 0 Å². The fraction of sp³-hybridized carbons (Fsp3) is 0.622. The predicted molar refractivity (Wildman–Crippen MR) is 179 cm³/mol. The monoisotopic (exact) mass is 651 g/mol. The van der Waals surface area contributed by atoms with Crippen LogP contribution >= 0.6 is 0 Å². The lowest BCUT2D eigenvalue weighted by Gasteiger charge is -2.43. The second-order valence-corrected chi connectivity index (χ2v) is 14.6. The minimum atomic E-state index is -1.25. The van der Waals surface area contributed by atoms with E-state index in [9.17, 15) is 24.3 Å². The minimum absolute atomic E-state index is 0.133. The first-order valence-corrected chi connectivity index (χ1v) is 16.9. The quantitative estimate of drug-likeness (QED) is 0.214. The third-order valence-electron chi connectivity index (χ3n) is 9.77. The van der Waals surface area contributed by atoms with Gasteiger partial charge in [-0.25, -0.2) is 0 Å². The van der Waals surface area contributed by atoms with Crippen molar-refractivity contribution in [1.82, 2.24) is 15.1 Å². The summed E-state index contributed by atoms with van der Waals surface area (Å²) in [5.74, 6) is -3.23. The molecule has 47 heavy (non-hydrogen) atoms. The van der Waals surface area contributed by atoms with Gasteiger partial charge >= 0.3 is 5.97 Å². The highest BCUT2D eigenvalue weighted by atomic mass is 16.6. The summed E-state index contributed by atoms with van der Waals surface area (Å²) in [5, 5.41) is 13.5. The highest BCUT2D eigenvalue weighted by Gasteiger charge is 2.76. The maximum atomic E-state index is 14.6. The Morgan fingerprint density at radius 2 is 1.85 bits per heavy atom. The smallest absolute Gasteiger partial charge is 0.313 e. The molecule has 8 atom stereocenters. The van der Waals surface area contributed by atoms with Gasteiger partial charge in [0.2, 0.25) is 17.7 Å². The van der Waals surface area contributed by atoms with E-state index in [0.717, 1.165) is 0 Å². The first-order valence-electron chi connectivity index (χ1n) is 16.9. The molecule has 10 nitrogen and oxygen atoms in total. The molecule has 4 rings (SSSR count). The van der Waals surface area contributed by atoms with Crippen LogP contribution in [0.15, 0.2) is 55.6 Å². The van der Waals surface area contributed by atoms with Crippen LogP contribution in [0.5, 0.6) is 0 Å². The number of nitrogens with zero attached hydrogens (tertiary/aromatic N) is 2. The van der Waals surface area contributed by atoms with Crippen LogP contribution in [0.2, 0.25) is 0 Å². The summed E-state index contributed by atoms with van der Waals surface area (Å²) in [4.78, 5) is 59.4. The Kier molecular flexibility index (Phi) is 11.4. The summed E-state index contributed by atoms with van der Waals surface area (Å²) in [6, 6.07) is 6.96. The molecule has 0 radical (unpaired) electrons. The molecule has 2 bridgehead atoms. The SMILES string of the molecule is C=CCCC(=O)N[C@H](C)[C@@H](OC(=O)[C@@H]1[C@@H]2CC[C@]3(O2)[C@H](C(=O)N(CC=C)C(C)(C)C)N([C@@H](CO)CC(C)C)C(=O)[C@@H]13)c1ccccc1. The highest BCUT2D eigenvalue weighted by Crippen LogP contribution is 2.59. The lowest BCUT2D eigenvalue weighted by atomic mass is 9.70. The van der Waals surface area contributed by atoms with Crippen molar-refractivity contribution in [3.8, 4) is 0 Å². The van der Waals surface area contributed by atoms with Crippen molar-refractivity contribution in [1.29, 1.82) is 0 Å². The number of likely N-dealkylation sites (tertiary alicyclic amines) is 1. The highest BCUT2D eigenvalue weighted by molar-refractivity contribution is 5.98. The van der Waals surface area contributed by atoms with E-state index < -0.39 is 59.3 Å². The number of aliphatic hydroxyl groups excluding tert-OH is 1. The Labute approximate surface area is 279 Å². The summed E-state index contributed by atoms with van der Waals surface area (Å²) in [7, 11) is 0. The Morgan fingerprint density at radius 3 is 2.43 bits per heavy atom. The molecular weight excluding hydrogens is 598 g/mol. The molecule has 3 amide bonds. The van der Waals surface area contributed by atoms with Gasteiger partial charge in [-0.05, 0) is 64.9 Å². The van der Waals surface area contributed by atoms with Gasteiger partial charge in [0.15, 0.2) is 0 Å². The number of nitrogens with one attached hydrogen (secondary N) is 1. The molecule has 1 spiro atoms. The van der Waals surface area contributed by atoms with Crippen molar-refractivity contribution in [3.63, 3.8) is 0 Å².